The van der Waals surface area contributed by atoms with E-state index in [0.717, 1.165) is 18.8 Å². The Morgan fingerprint density at radius 3 is 2.62 bits per heavy atom. The van der Waals surface area contributed by atoms with Gasteiger partial charge in [-0.1, -0.05) is 32.9 Å². The summed E-state index contributed by atoms with van der Waals surface area (Å²) in [5, 5.41) is 10.9. The molecule has 0 spiro atoms. The van der Waals surface area contributed by atoms with E-state index in [1.807, 2.05) is 0 Å². The monoisotopic (exact) mass is 220 g/mol. The predicted molar refractivity (Wildman–Crippen MR) is 66.0 cm³/mol. The van der Waals surface area contributed by atoms with Gasteiger partial charge >= 0.3 is 0 Å². The van der Waals surface area contributed by atoms with Gasteiger partial charge < -0.3 is 5.11 Å². The second-order valence-electron chi connectivity index (χ2n) is 7.53. The van der Waals surface area contributed by atoms with E-state index >= 15 is 0 Å². The lowest BCUT2D eigenvalue weighted by molar-refractivity contribution is -0.124. The fourth-order valence-corrected chi connectivity index (χ4v) is 4.67. The predicted octanol–water partition coefficient (Wildman–Crippen LogP) is 3.53. The van der Waals surface area contributed by atoms with Gasteiger partial charge in [-0.25, -0.2) is 0 Å². The van der Waals surface area contributed by atoms with Gasteiger partial charge in [-0.15, -0.1) is 0 Å². The van der Waals surface area contributed by atoms with Crippen molar-refractivity contribution in [2.75, 3.05) is 0 Å². The van der Waals surface area contributed by atoms with Crippen molar-refractivity contribution in [1.82, 2.24) is 0 Å². The first kappa shape index (κ1) is 10.8. The molecule has 90 valence electrons. The van der Waals surface area contributed by atoms with Crippen LogP contribution in [0.2, 0.25) is 0 Å². The Bertz CT molecular complexity index is 343. The molecule has 16 heavy (non-hydrogen) atoms. The van der Waals surface area contributed by atoms with Crippen molar-refractivity contribution in [2.45, 2.75) is 58.5 Å². The third-order valence-corrected chi connectivity index (χ3v) is 5.66. The van der Waals surface area contributed by atoms with Gasteiger partial charge in [-0.05, 0) is 54.8 Å². The number of aliphatic hydroxyl groups is 1. The minimum atomic E-state index is -0.482. The van der Waals surface area contributed by atoms with Crippen LogP contribution in [0.15, 0.2) is 12.2 Å². The molecule has 0 heterocycles. The second kappa shape index (κ2) is 2.93. The summed E-state index contributed by atoms with van der Waals surface area (Å²) in [6.07, 6.45) is 10.3. The zero-order valence-corrected chi connectivity index (χ0v) is 10.8. The van der Waals surface area contributed by atoms with Crippen molar-refractivity contribution in [1.29, 1.82) is 0 Å². The van der Waals surface area contributed by atoms with Gasteiger partial charge in [0.05, 0.1) is 5.60 Å². The first-order valence-electron chi connectivity index (χ1n) is 6.75. The average molecular weight is 220 g/mol. The van der Waals surface area contributed by atoms with Crippen LogP contribution in [0.3, 0.4) is 0 Å². The normalized spacial score (nSPS) is 53.8. The molecular weight excluding hydrogens is 196 g/mol. The van der Waals surface area contributed by atoms with Gasteiger partial charge in [0.2, 0.25) is 0 Å². The Kier molecular flexibility index (Phi) is 1.98. The molecule has 0 saturated heterocycles. The van der Waals surface area contributed by atoms with Crippen LogP contribution in [-0.4, -0.2) is 10.7 Å². The molecule has 1 heteroatoms. The molecule has 2 fully saturated rings. The fourth-order valence-electron chi connectivity index (χ4n) is 4.67. The molecule has 0 aliphatic heterocycles. The van der Waals surface area contributed by atoms with Gasteiger partial charge in [0.15, 0.2) is 0 Å². The Labute approximate surface area is 98.9 Å². The topological polar surface area (TPSA) is 20.2 Å². The van der Waals surface area contributed by atoms with Crippen LogP contribution in [0.1, 0.15) is 52.9 Å². The first-order chi connectivity index (χ1) is 7.35. The number of fused-ring (bicyclic) bond motifs is 4. The molecule has 0 amide bonds. The van der Waals surface area contributed by atoms with Gasteiger partial charge in [0, 0.05) is 0 Å². The summed E-state index contributed by atoms with van der Waals surface area (Å²) in [4.78, 5) is 0. The van der Waals surface area contributed by atoms with Crippen molar-refractivity contribution in [3.05, 3.63) is 12.2 Å². The maximum absolute atomic E-state index is 10.9. The third-order valence-electron chi connectivity index (χ3n) is 5.66. The molecule has 1 nitrogen and oxygen atoms in total. The molecule has 0 aromatic heterocycles. The van der Waals surface area contributed by atoms with E-state index < -0.39 is 5.60 Å². The molecule has 4 atom stereocenters. The quantitative estimate of drug-likeness (QED) is 0.619. The largest absolute Gasteiger partial charge is 0.385 e. The summed E-state index contributed by atoms with van der Waals surface area (Å²) >= 11 is 0. The third kappa shape index (κ3) is 1.33. The number of hydrogen-bond donors (Lipinski definition) is 1. The minimum Gasteiger partial charge on any atom is -0.385 e. The van der Waals surface area contributed by atoms with Crippen LogP contribution in [0.4, 0.5) is 0 Å². The lowest BCUT2D eigenvalue weighted by atomic mass is 9.50. The smallest absolute Gasteiger partial charge is 0.0864 e. The van der Waals surface area contributed by atoms with Crippen molar-refractivity contribution in [2.24, 2.45) is 22.7 Å². The molecule has 2 bridgehead atoms. The highest BCUT2D eigenvalue weighted by molar-refractivity contribution is 5.19. The van der Waals surface area contributed by atoms with Crippen molar-refractivity contribution < 1.29 is 5.11 Å². The molecule has 1 N–H and O–H groups in total. The molecule has 3 aliphatic carbocycles. The Morgan fingerprint density at radius 1 is 1.19 bits per heavy atom. The van der Waals surface area contributed by atoms with Crippen molar-refractivity contribution in [3.63, 3.8) is 0 Å². The first-order valence-corrected chi connectivity index (χ1v) is 6.75. The molecule has 0 aromatic rings. The van der Waals surface area contributed by atoms with Gasteiger partial charge in [0.1, 0.15) is 0 Å². The van der Waals surface area contributed by atoms with Gasteiger partial charge in [0.25, 0.3) is 0 Å². The van der Waals surface area contributed by atoms with Crippen molar-refractivity contribution >= 4 is 0 Å². The zero-order chi connectivity index (χ0) is 11.6. The molecule has 0 radical (unpaired) electrons. The van der Waals surface area contributed by atoms with Gasteiger partial charge in [-0.3, -0.25) is 0 Å². The summed E-state index contributed by atoms with van der Waals surface area (Å²) in [5.74, 6) is 1.27. The average Bonchev–Trinajstić information content (AvgIpc) is 2.19. The van der Waals surface area contributed by atoms with Crippen LogP contribution in [0.25, 0.3) is 0 Å². The zero-order valence-electron chi connectivity index (χ0n) is 10.8. The molecule has 3 aliphatic rings. The lowest BCUT2D eigenvalue weighted by Crippen LogP contribution is -2.54. The summed E-state index contributed by atoms with van der Waals surface area (Å²) in [7, 11) is 0. The SMILES string of the molecule is CC12CC=CC(O)(C1)C1CC(C)(C)C1CC2. The summed E-state index contributed by atoms with van der Waals surface area (Å²) in [6.45, 7) is 7.11. The number of hydrogen-bond acceptors (Lipinski definition) is 1. The lowest BCUT2D eigenvalue weighted by Gasteiger charge is -2.56. The Morgan fingerprint density at radius 2 is 1.94 bits per heavy atom. The van der Waals surface area contributed by atoms with E-state index in [2.05, 4.69) is 32.9 Å². The van der Waals surface area contributed by atoms with E-state index in [-0.39, 0.29) is 0 Å². The van der Waals surface area contributed by atoms with Crippen molar-refractivity contribution in [3.8, 4) is 0 Å². The maximum atomic E-state index is 10.9. The summed E-state index contributed by atoms with van der Waals surface area (Å²) in [6, 6.07) is 0. The van der Waals surface area contributed by atoms with Crippen LogP contribution in [-0.2, 0) is 0 Å². The van der Waals surface area contributed by atoms with E-state index in [1.165, 1.54) is 19.3 Å². The molecule has 3 rings (SSSR count). The number of rotatable bonds is 0. The Hall–Kier alpha value is -0.300. The fraction of sp³-hybridized carbons (Fsp3) is 0.867. The van der Waals surface area contributed by atoms with E-state index in [1.54, 1.807) is 0 Å². The van der Waals surface area contributed by atoms with Crippen LogP contribution >= 0.6 is 0 Å². The highest BCUT2D eigenvalue weighted by Crippen LogP contribution is 2.63. The molecule has 0 aromatic carbocycles. The highest BCUT2D eigenvalue weighted by atomic mass is 16.3. The highest BCUT2D eigenvalue weighted by Gasteiger charge is 2.58. The minimum absolute atomic E-state index is 0.358. The van der Waals surface area contributed by atoms with E-state index in [4.69, 9.17) is 0 Å². The summed E-state index contributed by atoms with van der Waals surface area (Å²) in [5.41, 5.74) is 0.336. The van der Waals surface area contributed by atoms with Crippen LogP contribution in [0, 0.1) is 22.7 Å². The second-order valence-corrected chi connectivity index (χ2v) is 7.53. The van der Waals surface area contributed by atoms with Crippen LogP contribution < -0.4 is 0 Å². The Balaban J connectivity index is 1.97. The molecule has 2 saturated carbocycles. The van der Waals surface area contributed by atoms with Crippen LogP contribution in [0.5, 0.6) is 0 Å². The van der Waals surface area contributed by atoms with E-state index in [9.17, 15) is 5.11 Å². The maximum Gasteiger partial charge on any atom is 0.0864 e. The molecule has 4 unspecified atom stereocenters. The van der Waals surface area contributed by atoms with Gasteiger partial charge in [-0.2, -0.15) is 0 Å². The summed E-state index contributed by atoms with van der Waals surface area (Å²) < 4.78 is 0. The van der Waals surface area contributed by atoms with E-state index in [0.29, 0.717) is 16.7 Å². The standard InChI is InChI=1S/C15H24O/c1-13(2)9-12-11(13)5-8-14(3)6-4-7-15(12,16)10-14/h4,7,11-12,16H,5-6,8-10H2,1-3H3. The molecular formula is C15H24O. The number of allylic oxidation sites excluding steroid dienone is 1.